The maximum absolute atomic E-state index is 7.16. The van der Waals surface area contributed by atoms with Crippen molar-refractivity contribution in [1.82, 2.24) is 0 Å². The Labute approximate surface area is 84.6 Å². The Morgan fingerprint density at radius 2 is 1.57 bits per heavy atom. The van der Waals surface area contributed by atoms with E-state index in [1.807, 2.05) is 24.3 Å². The lowest BCUT2D eigenvalue weighted by atomic mass is 9.96. The molecule has 0 amide bonds. The zero-order chi connectivity index (χ0) is 10.6. The van der Waals surface area contributed by atoms with Crippen molar-refractivity contribution in [2.75, 3.05) is 0 Å². The van der Waals surface area contributed by atoms with Crippen LogP contribution in [-0.4, -0.2) is 6.21 Å². The van der Waals surface area contributed by atoms with Crippen molar-refractivity contribution in [2.45, 2.75) is 0 Å². The summed E-state index contributed by atoms with van der Waals surface area (Å²) in [5.74, 6) is 0. The third kappa shape index (κ3) is 1.88. The molecule has 0 bridgehead atoms. The molecular weight excluding hydrogens is 170 g/mol. The van der Waals surface area contributed by atoms with E-state index in [1.54, 1.807) is 6.08 Å². The highest BCUT2D eigenvalue weighted by atomic mass is 14.3. The Morgan fingerprint density at radius 1 is 1.07 bits per heavy atom. The Morgan fingerprint density at radius 3 is 2.00 bits per heavy atom. The number of hydrogen-bond acceptors (Lipinski definition) is 1. The minimum atomic E-state index is 0.684. The molecule has 14 heavy (non-hydrogen) atoms. The summed E-state index contributed by atoms with van der Waals surface area (Å²) in [6.45, 7) is 11.4. The summed E-state index contributed by atoms with van der Waals surface area (Å²) in [7, 11) is 0. The fourth-order valence-electron chi connectivity index (χ4n) is 1.23. The lowest BCUT2D eigenvalue weighted by Crippen LogP contribution is -1.90. The van der Waals surface area contributed by atoms with Crippen molar-refractivity contribution < 1.29 is 0 Å². The quantitative estimate of drug-likeness (QED) is 0.545. The molecule has 0 aromatic heterocycles. The highest BCUT2D eigenvalue weighted by Crippen LogP contribution is 2.22. The van der Waals surface area contributed by atoms with Gasteiger partial charge >= 0.3 is 0 Å². The van der Waals surface area contributed by atoms with Crippen molar-refractivity contribution in [3.63, 3.8) is 0 Å². The van der Waals surface area contributed by atoms with Crippen LogP contribution in [-0.2, 0) is 0 Å². The molecule has 1 nitrogen and oxygen atoms in total. The van der Waals surface area contributed by atoms with Gasteiger partial charge in [-0.25, -0.2) is 0 Å². The van der Waals surface area contributed by atoms with Crippen molar-refractivity contribution in [3.05, 3.63) is 61.2 Å². The molecule has 0 fully saturated rings. The summed E-state index contributed by atoms with van der Waals surface area (Å²) in [6.07, 6.45) is 2.95. The van der Waals surface area contributed by atoms with Gasteiger partial charge < -0.3 is 5.41 Å². The Hall–Kier alpha value is -1.89. The summed E-state index contributed by atoms with van der Waals surface area (Å²) >= 11 is 0. The van der Waals surface area contributed by atoms with Crippen LogP contribution < -0.4 is 0 Å². The van der Waals surface area contributed by atoms with Gasteiger partial charge in [-0.15, -0.1) is 0 Å². The average molecular weight is 183 g/mol. The predicted molar refractivity (Wildman–Crippen MR) is 63.5 cm³/mol. The van der Waals surface area contributed by atoms with Gasteiger partial charge in [-0.05, 0) is 22.3 Å². The van der Waals surface area contributed by atoms with Crippen LogP contribution in [0.1, 0.15) is 11.1 Å². The first kappa shape index (κ1) is 10.2. The average Bonchev–Trinajstić information content (AvgIpc) is 2.27. The van der Waals surface area contributed by atoms with Crippen molar-refractivity contribution >= 4 is 17.4 Å². The second-order valence-electron chi connectivity index (χ2n) is 2.94. The maximum Gasteiger partial charge on any atom is 0.0250 e. The molecule has 0 aliphatic rings. The second-order valence-corrected chi connectivity index (χ2v) is 2.94. The van der Waals surface area contributed by atoms with Gasteiger partial charge in [-0.3, -0.25) is 0 Å². The van der Waals surface area contributed by atoms with Crippen molar-refractivity contribution in [1.29, 1.82) is 5.41 Å². The van der Waals surface area contributed by atoms with Crippen LogP contribution in [0.3, 0.4) is 0 Å². The minimum absolute atomic E-state index is 0.684. The molecule has 1 N–H and O–H groups in total. The van der Waals surface area contributed by atoms with Crippen LogP contribution in [0.15, 0.2) is 50.1 Å². The summed E-state index contributed by atoms with van der Waals surface area (Å²) < 4.78 is 0. The van der Waals surface area contributed by atoms with E-state index in [-0.39, 0.29) is 0 Å². The maximum atomic E-state index is 7.16. The van der Waals surface area contributed by atoms with Gasteiger partial charge in [0.05, 0.1) is 0 Å². The number of benzene rings is 1. The van der Waals surface area contributed by atoms with Gasteiger partial charge in [0.15, 0.2) is 0 Å². The minimum Gasteiger partial charge on any atom is -0.308 e. The molecular formula is C13H13N. The number of nitrogens with one attached hydrogen (secondary N) is 1. The highest BCUT2D eigenvalue weighted by Gasteiger charge is 2.04. The fourth-order valence-corrected chi connectivity index (χ4v) is 1.23. The first-order valence-corrected chi connectivity index (χ1v) is 4.31. The third-order valence-corrected chi connectivity index (χ3v) is 2.04. The van der Waals surface area contributed by atoms with E-state index in [0.29, 0.717) is 5.57 Å². The molecule has 0 saturated heterocycles. The van der Waals surface area contributed by atoms with Crippen LogP contribution in [0.5, 0.6) is 0 Å². The Balaban J connectivity index is 3.28. The topological polar surface area (TPSA) is 23.9 Å². The molecule has 1 aromatic rings. The normalized spacial score (nSPS) is 9.14. The molecule has 0 unspecified atom stereocenters. The first-order chi connectivity index (χ1) is 6.70. The smallest absolute Gasteiger partial charge is 0.0250 e. The Bertz CT molecular complexity index is 360. The third-order valence-electron chi connectivity index (χ3n) is 2.04. The highest BCUT2D eigenvalue weighted by molar-refractivity contribution is 6.09. The van der Waals surface area contributed by atoms with Crippen LogP contribution >= 0.6 is 0 Å². The van der Waals surface area contributed by atoms with E-state index in [2.05, 4.69) is 19.7 Å². The summed E-state index contributed by atoms with van der Waals surface area (Å²) in [5, 5.41) is 7.16. The largest absolute Gasteiger partial charge is 0.308 e. The molecule has 0 aliphatic heterocycles. The molecule has 0 spiro atoms. The number of allylic oxidation sites excluding steroid dienone is 3. The van der Waals surface area contributed by atoms with Crippen LogP contribution in [0.25, 0.3) is 11.1 Å². The molecule has 0 radical (unpaired) electrons. The zero-order valence-electron chi connectivity index (χ0n) is 8.09. The van der Waals surface area contributed by atoms with Gasteiger partial charge in [0, 0.05) is 6.21 Å². The summed E-state index contributed by atoms with van der Waals surface area (Å²) in [6, 6.07) is 7.74. The summed E-state index contributed by atoms with van der Waals surface area (Å²) in [5.41, 5.74) is 3.45. The predicted octanol–water partition coefficient (Wildman–Crippen LogP) is 3.55. The molecule has 0 atom stereocenters. The van der Waals surface area contributed by atoms with Gasteiger partial charge in [-0.1, -0.05) is 50.1 Å². The van der Waals surface area contributed by atoms with Gasteiger partial charge in [-0.2, -0.15) is 0 Å². The zero-order valence-corrected chi connectivity index (χ0v) is 8.09. The van der Waals surface area contributed by atoms with Gasteiger partial charge in [0.1, 0.15) is 0 Å². The van der Waals surface area contributed by atoms with Crippen molar-refractivity contribution in [2.24, 2.45) is 0 Å². The van der Waals surface area contributed by atoms with Gasteiger partial charge in [0.2, 0.25) is 0 Å². The standard InChI is InChI=1S/C13H13N/c1-4-10(2)12-7-5-6-8-13(12)11(3)9-14/h4-9,14H,1-3H2. The van der Waals surface area contributed by atoms with Crippen LogP contribution in [0.2, 0.25) is 0 Å². The first-order valence-electron chi connectivity index (χ1n) is 4.31. The van der Waals surface area contributed by atoms with Crippen LogP contribution in [0, 0.1) is 5.41 Å². The SMILES string of the molecule is C=CC(=C)c1ccccc1C(=C)C=N. The molecule has 1 rings (SSSR count). The monoisotopic (exact) mass is 183 g/mol. The lowest BCUT2D eigenvalue weighted by Gasteiger charge is -2.08. The number of rotatable bonds is 4. The molecule has 0 heterocycles. The van der Waals surface area contributed by atoms with Crippen molar-refractivity contribution in [3.8, 4) is 0 Å². The van der Waals surface area contributed by atoms with E-state index in [9.17, 15) is 0 Å². The lowest BCUT2D eigenvalue weighted by molar-refractivity contribution is 1.54. The molecule has 70 valence electrons. The fraction of sp³-hybridized carbons (Fsp3) is 0. The molecule has 0 aliphatic carbocycles. The van der Waals surface area contributed by atoms with E-state index >= 15 is 0 Å². The summed E-state index contributed by atoms with van der Waals surface area (Å²) in [4.78, 5) is 0. The number of hydrogen-bond donors (Lipinski definition) is 1. The second kappa shape index (κ2) is 4.38. The van der Waals surface area contributed by atoms with E-state index < -0.39 is 0 Å². The van der Waals surface area contributed by atoms with E-state index in [1.165, 1.54) is 6.21 Å². The Kier molecular flexibility index (Phi) is 3.19. The van der Waals surface area contributed by atoms with Gasteiger partial charge in [0.25, 0.3) is 0 Å². The van der Waals surface area contributed by atoms with E-state index in [4.69, 9.17) is 5.41 Å². The van der Waals surface area contributed by atoms with Crippen LogP contribution in [0.4, 0.5) is 0 Å². The molecule has 1 aromatic carbocycles. The molecule has 0 saturated carbocycles. The van der Waals surface area contributed by atoms with E-state index in [0.717, 1.165) is 16.7 Å². The molecule has 1 heteroatoms.